The van der Waals surface area contributed by atoms with Crippen LogP contribution in [0.4, 0.5) is 0 Å². The van der Waals surface area contributed by atoms with E-state index in [4.69, 9.17) is 16.3 Å². The second-order valence-corrected chi connectivity index (χ2v) is 8.76. The van der Waals surface area contributed by atoms with Crippen LogP contribution in [-0.2, 0) is 14.8 Å². The summed E-state index contributed by atoms with van der Waals surface area (Å²) in [5, 5.41) is 0.661. The van der Waals surface area contributed by atoms with Crippen molar-refractivity contribution in [2.75, 3.05) is 13.7 Å². The monoisotopic (exact) mass is 375 g/mol. The second kappa shape index (κ2) is 5.87. The van der Waals surface area contributed by atoms with Gasteiger partial charge in [0.15, 0.2) is 0 Å². The van der Waals surface area contributed by atoms with Crippen molar-refractivity contribution in [3.63, 3.8) is 0 Å². The van der Waals surface area contributed by atoms with Gasteiger partial charge in [0.25, 0.3) is 10.0 Å². The molecule has 0 spiro atoms. The van der Waals surface area contributed by atoms with Crippen LogP contribution in [-0.4, -0.2) is 26.4 Å². The molecule has 4 rings (SSSR count). The molecule has 6 heteroatoms. The SMILES string of the molecule is Cc1ccc2c(c1)C1=C(CCO[C@H]1c1ccc(Cl)cc1)N(C)S2(=O)=O. The number of benzene rings is 2. The summed E-state index contributed by atoms with van der Waals surface area (Å²) in [5.74, 6) is 0. The van der Waals surface area contributed by atoms with Crippen molar-refractivity contribution in [1.82, 2.24) is 4.31 Å². The highest BCUT2D eigenvalue weighted by Crippen LogP contribution is 2.47. The number of ether oxygens (including phenoxy) is 1. The van der Waals surface area contributed by atoms with E-state index < -0.39 is 10.0 Å². The molecule has 2 aliphatic heterocycles. The third kappa shape index (κ3) is 2.58. The van der Waals surface area contributed by atoms with Gasteiger partial charge in [-0.2, -0.15) is 0 Å². The molecular formula is C19H18ClNO3S. The minimum Gasteiger partial charge on any atom is -0.368 e. The van der Waals surface area contributed by atoms with Crippen molar-refractivity contribution in [2.24, 2.45) is 0 Å². The zero-order valence-corrected chi connectivity index (χ0v) is 15.6. The van der Waals surface area contributed by atoms with Gasteiger partial charge in [0.2, 0.25) is 0 Å². The number of hydrogen-bond donors (Lipinski definition) is 0. The van der Waals surface area contributed by atoms with Crippen molar-refractivity contribution in [1.29, 1.82) is 0 Å². The van der Waals surface area contributed by atoms with Gasteiger partial charge in [-0.05, 0) is 30.7 Å². The molecule has 0 aromatic heterocycles. The highest BCUT2D eigenvalue weighted by molar-refractivity contribution is 7.89. The number of fused-ring (bicyclic) bond motifs is 2. The Bertz CT molecular complexity index is 980. The average molecular weight is 376 g/mol. The standard InChI is InChI=1S/C19H18ClNO3S/c1-12-3-8-17-15(11-12)18-16(21(2)25(17,22)23)9-10-24-19(18)13-4-6-14(20)7-5-13/h3-8,11,19H,9-10H2,1-2H3/t19-/m0/s1. The third-order valence-corrected chi connectivity index (χ3v) is 6.92. The lowest BCUT2D eigenvalue weighted by atomic mass is 9.89. The molecule has 2 aliphatic rings. The highest BCUT2D eigenvalue weighted by atomic mass is 35.5. The molecule has 2 aromatic carbocycles. The second-order valence-electron chi connectivity index (χ2n) is 6.38. The van der Waals surface area contributed by atoms with Crippen LogP contribution in [0.2, 0.25) is 5.02 Å². The van der Waals surface area contributed by atoms with Crippen molar-refractivity contribution in [3.05, 3.63) is 69.9 Å². The van der Waals surface area contributed by atoms with Crippen LogP contribution >= 0.6 is 11.6 Å². The molecule has 2 heterocycles. The van der Waals surface area contributed by atoms with Crippen LogP contribution in [0.3, 0.4) is 0 Å². The zero-order chi connectivity index (χ0) is 17.8. The molecule has 2 aromatic rings. The summed E-state index contributed by atoms with van der Waals surface area (Å²) in [6, 6.07) is 13.0. The lowest BCUT2D eigenvalue weighted by Gasteiger charge is -2.38. The molecule has 25 heavy (non-hydrogen) atoms. The molecule has 0 fully saturated rings. The van der Waals surface area contributed by atoms with E-state index in [-0.39, 0.29) is 6.10 Å². The lowest BCUT2D eigenvalue weighted by molar-refractivity contribution is 0.0801. The van der Waals surface area contributed by atoms with Gasteiger partial charge in [0.05, 0.1) is 11.5 Å². The van der Waals surface area contributed by atoms with E-state index in [0.717, 1.165) is 28.0 Å². The van der Waals surface area contributed by atoms with E-state index >= 15 is 0 Å². The van der Waals surface area contributed by atoms with Gasteiger partial charge >= 0.3 is 0 Å². The normalized spacial score (nSPS) is 21.7. The smallest absolute Gasteiger partial charge is 0.264 e. The summed E-state index contributed by atoms with van der Waals surface area (Å²) in [6.45, 7) is 2.44. The molecule has 0 amide bonds. The summed E-state index contributed by atoms with van der Waals surface area (Å²) < 4.78 is 33.3. The Hall–Kier alpha value is -1.82. The summed E-state index contributed by atoms with van der Waals surface area (Å²) in [6.07, 6.45) is 0.266. The first-order valence-corrected chi connectivity index (χ1v) is 9.91. The van der Waals surface area contributed by atoms with Crippen molar-refractivity contribution < 1.29 is 13.2 Å². The minimum absolute atomic E-state index is 0.306. The van der Waals surface area contributed by atoms with E-state index in [2.05, 4.69) is 0 Å². The highest BCUT2D eigenvalue weighted by Gasteiger charge is 2.39. The van der Waals surface area contributed by atoms with E-state index in [1.807, 2.05) is 43.3 Å². The molecule has 0 unspecified atom stereocenters. The predicted molar refractivity (Wildman–Crippen MR) is 97.8 cm³/mol. The Morgan fingerprint density at radius 1 is 1.16 bits per heavy atom. The number of sulfonamides is 1. The first-order chi connectivity index (χ1) is 11.9. The van der Waals surface area contributed by atoms with Crippen LogP contribution in [0.15, 0.2) is 53.1 Å². The van der Waals surface area contributed by atoms with Gasteiger partial charge < -0.3 is 4.74 Å². The largest absolute Gasteiger partial charge is 0.368 e. The first-order valence-electron chi connectivity index (χ1n) is 8.09. The Morgan fingerprint density at radius 3 is 2.60 bits per heavy atom. The summed E-state index contributed by atoms with van der Waals surface area (Å²) in [7, 11) is -1.90. The Labute approximate surface area is 152 Å². The minimum atomic E-state index is -3.52. The molecular weight excluding hydrogens is 358 g/mol. The van der Waals surface area contributed by atoms with Gasteiger partial charge in [-0.25, -0.2) is 8.42 Å². The number of rotatable bonds is 1. The number of nitrogens with zero attached hydrogens (tertiary/aromatic N) is 1. The molecule has 0 aliphatic carbocycles. The van der Waals surface area contributed by atoms with Gasteiger partial charge in [0, 0.05) is 35.3 Å². The van der Waals surface area contributed by atoms with Crippen LogP contribution in [0, 0.1) is 6.92 Å². The predicted octanol–water partition coefficient (Wildman–Crippen LogP) is 4.16. The fourth-order valence-corrected chi connectivity index (χ4v) is 5.13. The van der Waals surface area contributed by atoms with E-state index in [0.29, 0.717) is 22.9 Å². The number of halogens is 1. The Balaban J connectivity index is 1.98. The summed E-state index contributed by atoms with van der Waals surface area (Å²) in [4.78, 5) is 0.337. The van der Waals surface area contributed by atoms with Crippen molar-refractivity contribution in [2.45, 2.75) is 24.3 Å². The molecule has 0 saturated heterocycles. The quantitative estimate of drug-likeness (QED) is 0.752. The molecule has 4 nitrogen and oxygen atoms in total. The van der Waals surface area contributed by atoms with Gasteiger partial charge in [-0.15, -0.1) is 0 Å². The van der Waals surface area contributed by atoms with Crippen LogP contribution < -0.4 is 0 Å². The fourth-order valence-electron chi connectivity index (χ4n) is 3.54. The number of hydrogen-bond acceptors (Lipinski definition) is 3. The molecule has 1 atom stereocenters. The maximum absolute atomic E-state index is 12.9. The number of aryl methyl sites for hydroxylation is 1. The summed E-state index contributed by atoms with van der Waals surface area (Å²) >= 11 is 6.01. The molecule has 0 saturated carbocycles. The maximum atomic E-state index is 12.9. The van der Waals surface area contributed by atoms with Crippen LogP contribution in [0.25, 0.3) is 5.57 Å². The summed E-state index contributed by atoms with van der Waals surface area (Å²) in [5.41, 5.74) is 4.48. The Morgan fingerprint density at radius 2 is 1.88 bits per heavy atom. The van der Waals surface area contributed by atoms with Gasteiger partial charge in [0.1, 0.15) is 6.10 Å². The first kappa shape index (κ1) is 16.6. The molecule has 130 valence electrons. The average Bonchev–Trinajstić information content (AvgIpc) is 2.60. The zero-order valence-electron chi connectivity index (χ0n) is 14.0. The van der Waals surface area contributed by atoms with Gasteiger partial charge in [-0.3, -0.25) is 4.31 Å². The van der Waals surface area contributed by atoms with Gasteiger partial charge in [-0.1, -0.05) is 41.4 Å². The van der Waals surface area contributed by atoms with E-state index in [1.165, 1.54) is 4.31 Å². The Kier molecular flexibility index (Phi) is 3.90. The van der Waals surface area contributed by atoms with E-state index in [1.54, 1.807) is 13.1 Å². The molecule has 0 bridgehead atoms. The topological polar surface area (TPSA) is 46.6 Å². The molecule has 0 radical (unpaired) electrons. The maximum Gasteiger partial charge on any atom is 0.264 e. The fraction of sp³-hybridized carbons (Fsp3) is 0.263. The van der Waals surface area contributed by atoms with E-state index in [9.17, 15) is 8.42 Å². The van der Waals surface area contributed by atoms with Crippen LogP contribution in [0.1, 0.15) is 29.2 Å². The molecule has 0 N–H and O–H groups in total. The van der Waals surface area contributed by atoms with Crippen LogP contribution in [0.5, 0.6) is 0 Å². The third-order valence-electron chi connectivity index (χ3n) is 4.81. The lowest BCUT2D eigenvalue weighted by Crippen LogP contribution is -2.35. The van der Waals surface area contributed by atoms with Crippen molar-refractivity contribution in [3.8, 4) is 0 Å². The van der Waals surface area contributed by atoms with Crippen molar-refractivity contribution >= 4 is 27.2 Å².